The number of benzene rings is 1. The zero-order valence-corrected chi connectivity index (χ0v) is 13.1. The quantitative estimate of drug-likeness (QED) is 0.866. The van der Waals surface area contributed by atoms with Gasteiger partial charge in [0.1, 0.15) is 5.75 Å². The predicted octanol–water partition coefficient (Wildman–Crippen LogP) is 2.04. The Morgan fingerprint density at radius 3 is 2.60 bits per heavy atom. The summed E-state index contributed by atoms with van der Waals surface area (Å²) >= 11 is 0. The van der Waals surface area contributed by atoms with E-state index < -0.39 is 6.04 Å². The van der Waals surface area contributed by atoms with Crippen molar-refractivity contribution in [2.24, 2.45) is 11.1 Å². The molecule has 0 aliphatic heterocycles. The Hall–Kier alpha value is -1.55. The van der Waals surface area contributed by atoms with Gasteiger partial charge in [-0.1, -0.05) is 38.5 Å². The fourth-order valence-corrected chi connectivity index (χ4v) is 1.93. The van der Waals surface area contributed by atoms with Crippen molar-refractivity contribution in [3.05, 3.63) is 29.3 Å². The van der Waals surface area contributed by atoms with E-state index in [9.17, 15) is 4.79 Å². The molecule has 0 heterocycles. The number of ether oxygens (including phenoxy) is 1. The van der Waals surface area contributed by atoms with E-state index >= 15 is 0 Å². The highest BCUT2D eigenvalue weighted by molar-refractivity contribution is 5.82. The average molecular weight is 278 g/mol. The summed E-state index contributed by atoms with van der Waals surface area (Å²) in [5.74, 6) is 0.745. The lowest BCUT2D eigenvalue weighted by Gasteiger charge is -2.25. The molecule has 0 saturated heterocycles. The molecule has 1 rings (SSSR count). The SMILES string of the molecule is COc1ccc(C)cc1CCNC(=O)[C@@H](N)C(C)(C)C. The largest absolute Gasteiger partial charge is 0.496 e. The van der Waals surface area contributed by atoms with E-state index in [1.54, 1.807) is 7.11 Å². The van der Waals surface area contributed by atoms with Gasteiger partial charge >= 0.3 is 0 Å². The highest BCUT2D eigenvalue weighted by Gasteiger charge is 2.26. The van der Waals surface area contributed by atoms with Gasteiger partial charge in [-0.2, -0.15) is 0 Å². The summed E-state index contributed by atoms with van der Waals surface area (Å²) in [6.45, 7) is 8.47. The Balaban J connectivity index is 2.57. The highest BCUT2D eigenvalue weighted by Crippen LogP contribution is 2.20. The summed E-state index contributed by atoms with van der Waals surface area (Å²) < 4.78 is 5.32. The van der Waals surface area contributed by atoms with Crippen LogP contribution in [0.2, 0.25) is 0 Å². The van der Waals surface area contributed by atoms with Gasteiger partial charge < -0.3 is 15.8 Å². The smallest absolute Gasteiger partial charge is 0.237 e. The number of nitrogens with two attached hydrogens (primary N) is 1. The first-order valence-corrected chi connectivity index (χ1v) is 6.92. The molecule has 1 aromatic rings. The molecule has 0 fully saturated rings. The van der Waals surface area contributed by atoms with Crippen LogP contribution in [0.25, 0.3) is 0 Å². The van der Waals surface area contributed by atoms with Crippen molar-refractivity contribution in [2.75, 3.05) is 13.7 Å². The molecular formula is C16H26N2O2. The molecule has 112 valence electrons. The Bertz CT molecular complexity index is 464. The Morgan fingerprint density at radius 2 is 2.05 bits per heavy atom. The van der Waals surface area contributed by atoms with Crippen molar-refractivity contribution in [3.63, 3.8) is 0 Å². The normalized spacial score (nSPS) is 12.9. The number of methoxy groups -OCH3 is 1. The van der Waals surface area contributed by atoms with Crippen molar-refractivity contribution in [3.8, 4) is 5.75 Å². The average Bonchev–Trinajstić information content (AvgIpc) is 2.37. The Labute approximate surface area is 121 Å². The number of carbonyl (C=O) groups is 1. The molecule has 0 bridgehead atoms. The summed E-state index contributed by atoms with van der Waals surface area (Å²) in [6, 6.07) is 5.54. The summed E-state index contributed by atoms with van der Waals surface area (Å²) in [6.07, 6.45) is 0.730. The predicted molar refractivity (Wildman–Crippen MR) is 81.9 cm³/mol. The lowest BCUT2D eigenvalue weighted by Crippen LogP contribution is -2.49. The number of nitrogens with one attached hydrogen (secondary N) is 1. The first kappa shape index (κ1) is 16.5. The van der Waals surface area contributed by atoms with Crippen molar-refractivity contribution < 1.29 is 9.53 Å². The van der Waals surface area contributed by atoms with Crippen molar-refractivity contribution in [1.82, 2.24) is 5.32 Å². The molecule has 0 saturated carbocycles. The standard InChI is InChI=1S/C16H26N2O2/c1-11-6-7-13(20-5)12(10-11)8-9-18-15(19)14(17)16(2,3)4/h6-7,10,14H,8-9,17H2,1-5H3,(H,18,19)/t14-/m1/s1. The van der Waals surface area contributed by atoms with Gasteiger partial charge in [-0.15, -0.1) is 0 Å². The monoisotopic (exact) mass is 278 g/mol. The second-order valence-electron chi connectivity index (χ2n) is 6.20. The lowest BCUT2D eigenvalue weighted by atomic mass is 9.87. The van der Waals surface area contributed by atoms with Crippen molar-refractivity contribution in [1.29, 1.82) is 0 Å². The van der Waals surface area contributed by atoms with E-state index in [4.69, 9.17) is 10.5 Å². The summed E-state index contributed by atoms with van der Waals surface area (Å²) in [5.41, 5.74) is 7.96. The molecule has 1 atom stereocenters. The van der Waals surface area contributed by atoms with E-state index in [-0.39, 0.29) is 11.3 Å². The minimum Gasteiger partial charge on any atom is -0.496 e. The van der Waals surface area contributed by atoms with Gasteiger partial charge in [0.25, 0.3) is 0 Å². The van der Waals surface area contributed by atoms with E-state index in [0.717, 1.165) is 17.7 Å². The minimum atomic E-state index is -0.498. The Kier molecular flexibility index (Phi) is 5.57. The molecule has 1 aromatic carbocycles. The topological polar surface area (TPSA) is 64.3 Å². The van der Waals surface area contributed by atoms with Crippen LogP contribution in [0.5, 0.6) is 5.75 Å². The van der Waals surface area contributed by atoms with E-state index in [0.29, 0.717) is 6.54 Å². The van der Waals surface area contributed by atoms with Crippen LogP contribution in [-0.4, -0.2) is 25.6 Å². The first-order valence-electron chi connectivity index (χ1n) is 6.92. The van der Waals surface area contributed by atoms with Gasteiger partial charge in [-0.05, 0) is 30.4 Å². The molecule has 0 aliphatic carbocycles. The molecule has 1 amide bonds. The Morgan fingerprint density at radius 1 is 1.40 bits per heavy atom. The number of aryl methyl sites for hydroxylation is 1. The van der Waals surface area contributed by atoms with Crippen LogP contribution in [0.15, 0.2) is 18.2 Å². The zero-order valence-electron chi connectivity index (χ0n) is 13.1. The summed E-state index contributed by atoms with van der Waals surface area (Å²) in [5, 5.41) is 2.89. The second kappa shape index (κ2) is 6.75. The second-order valence-corrected chi connectivity index (χ2v) is 6.20. The van der Waals surface area contributed by atoms with Gasteiger partial charge in [0.15, 0.2) is 0 Å². The molecular weight excluding hydrogens is 252 g/mol. The summed E-state index contributed by atoms with van der Waals surface area (Å²) in [4.78, 5) is 11.9. The fourth-order valence-electron chi connectivity index (χ4n) is 1.93. The van der Waals surface area contributed by atoms with Crippen LogP contribution in [0.1, 0.15) is 31.9 Å². The number of hydrogen-bond acceptors (Lipinski definition) is 3. The third kappa shape index (κ3) is 4.53. The maximum Gasteiger partial charge on any atom is 0.237 e. The molecule has 4 heteroatoms. The van der Waals surface area contributed by atoms with Gasteiger partial charge in [-0.25, -0.2) is 0 Å². The molecule has 3 N–H and O–H groups in total. The van der Waals surface area contributed by atoms with Gasteiger partial charge in [0.2, 0.25) is 5.91 Å². The lowest BCUT2D eigenvalue weighted by molar-refractivity contribution is -0.124. The maximum absolute atomic E-state index is 11.9. The number of rotatable bonds is 5. The molecule has 0 radical (unpaired) electrons. The minimum absolute atomic E-state index is 0.107. The van der Waals surface area contributed by atoms with Gasteiger partial charge in [-0.3, -0.25) is 4.79 Å². The third-order valence-electron chi connectivity index (χ3n) is 3.34. The van der Waals surface area contributed by atoms with Gasteiger partial charge in [0.05, 0.1) is 13.2 Å². The maximum atomic E-state index is 11.9. The van der Waals surface area contributed by atoms with Gasteiger partial charge in [0, 0.05) is 6.54 Å². The van der Waals surface area contributed by atoms with E-state index in [2.05, 4.69) is 11.4 Å². The van der Waals surface area contributed by atoms with Crippen LogP contribution in [0.4, 0.5) is 0 Å². The number of carbonyl (C=O) groups excluding carboxylic acids is 1. The fraction of sp³-hybridized carbons (Fsp3) is 0.562. The number of hydrogen-bond donors (Lipinski definition) is 2. The van der Waals surface area contributed by atoms with Crippen LogP contribution in [0, 0.1) is 12.3 Å². The van der Waals surface area contributed by atoms with Crippen LogP contribution in [0.3, 0.4) is 0 Å². The molecule has 0 spiro atoms. The van der Waals surface area contributed by atoms with Crippen LogP contribution in [-0.2, 0) is 11.2 Å². The molecule has 4 nitrogen and oxygen atoms in total. The van der Waals surface area contributed by atoms with Crippen LogP contribution < -0.4 is 15.8 Å². The molecule has 0 aliphatic rings. The molecule has 0 unspecified atom stereocenters. The van der Waals surface area contributed by atoms with Crippen molar-refractivity contribution >= 4 is 5.91 Å². The van der Waals surface area contributed by atoms with Crippen LogP contribution >= 0.6 is 0 Å². The summed E-state index contributed by atoms with van der Waals surface area (Å²) in [7, 11) is 1.66. The number of amides is 1. The molecule has 0 aromatic heterocycles. The first-order chi connectivity index (χ1) is 9.25. The third-order valence-corrected chi connectivity index (χ3v) is 3.34. The highest BCUT2D eigenvalue weighted by atomic mass is 16.5. The van der Waals surface area contributed by atoms with E-state index in [1.165, 1.54) is 5.56 Å². The molecule has 20 heavy (non-hydrogen) atoms. The zero-order chi connectivity index (χ0) is 15.3. The van der Waals surface area contributed by atoms with E-state index in [1.807, 2.05) is 39.8 Å². The van der Waals surface area contributed by atoms with Crippen molar-refractivity contribution in [2.45, 2.75) is 40.2 Å².